The lowest BCUT2D eigenvalue weighted by Crippen LogP contribution is -2.52. The first-order valence-electron chi connectivity index (χ1n) is 16.8. The number of aromatic nitrogens is 3. The number of aromatic hydroxyl groups is 1. The summed E-state index contributed by atoms with van der Waals surface area (Å²) in [6.07, 6.45) is 16.7. The maximum Gasteiger partial charge on any atom is 0.319 e. The smallest absolute Gasteiger partial charge is 0.319 e. The number of hydrogen-bond donors (Lipinski definition) is 2. The molecule has 4 aliphatic rings. The van der Waals surface area contributed by atoms with E-state index in [2.05, 4.69) is 20.8 Å². The van der Waals surface area contributed by atoms with Gasteiger partial charge in [-0.2, -0.15) is 9.97 Å². The predicted octanol–water partition coefficient (Wildman–Crippen LogP) is 6.34. The summed E-state index contributed by atoms with van der Waals surface area (Å²) in [4.78, 5) is 18.6. The molecule has 2 N–H and O–H groups in total. The van der Waals surface area contributed by atoms with Gasteiger partial charge in [-0.05, 0) is 88.4 Å². The Labute approximate surface area is 272 Å². The number of phenols is 1. The second-order valence-electron chi connectivity index (χ2n) is 14.3. The van der Waals surface area contributed by atoms with Crippen molar-refractivity contribution in [1.82, 2.24) is 19.9 Å². The summed E-state index contributed by atoms with van der Waals surface area (Å²) >= 11 is 0. The first-order valence-corrected chi connectivity index (χ1v) is 16.8. The van der Waals surface area contributed by atoms with Crippen molar-refractivity contribution in [3.8, 4) is 35.4 Å². The molecule has 2 saturated heterocycles. The molecule has 2 aromatic carbocycles. The van der Waals surface area contributed by atoms with Crippen molar-refractivity contribution < 1.29 is 23.7 Å². The molecule has 0 radical (unpaired) electrons. The lowest BCUT2D eigenvalue weighted by atomic mass is 9.75. The Morgan fingerprint density at radius 1 is 1.06 bits per heavy atom. The van der Waals surface area contributed by atoms with Crippen LogP contribution in [0.3, 0.4) is 0 Å². The van der Waals surface area contributed by atoms with Crippen LogP contribution in [-0.4, -0.2) is 74.0 Å². The van der Waals surface area contributed by atoms with Crippen LogP contribution in [0.5, 0.6) is 11.8 Å². The molecule has 10 heteroatoms. The Hall–Kier alpha value is -4.07. The van der Waals surface area contributed by atoms with Gasteiger partial charge in [-0.25, -0.2) is 8.78 Å². The van der Waals surface area contributed by atoms with Crippen molar-refractivity contribution in [2.24, 2.45) is 5.41 Å². The number of aliphatic hydroxyl groups is 1. The number of fused-ring (bicyclic) bond motifs is 3. The zero-order valence-corrected chi connectivity index (χ0v) is 26.6. The van der Waals surface area contributed by atoms with Gasteiger partial charge in [0.15, 0.2) is 5.82 Å². The molecule has 2 aromatic heterocycles. The van der Waals surface area contributed by atoms with E-state index in [1.54, 1.807) is 6.92 Å². The van der Waals surface area contributed by atoms with Crippen LogP contribution >= 0.6 is 0 Å². The monoisotopic (exact) mass is 639 g/mol. The number of rotatable bonds is 6. The minimum absolute atomic E-state index is 0.000840. The zero-order chi connectivity index (χ0) is 32.5. The molecule has 4 aromatic rings. The van der Waals surface area contributed by atoms with Crippen LogP contribution < -0.4 is 9.64 Å². The predicted molar refractivity (Wildman–Crippen MR) is 176 cm³/mol. The number of hydrogen-bond acceptors (Lipinski definition) is 8. The third-order valence-corrected chi connectivity index (χ3v) is 10.9. The minimum atomic E-state index is -0.941. The standard InChI is InChI=1S/C37H39F2N5O3/c1-3-25-28(38)11-8-22-17-24(45)18-26(30(22)25)32-31(39)33-27(19-40-32)34(43-15-5-12-36(2,46)20-43)42-35(41-33)47-21-37-13-4-7-29(37)44(16-6-14-37)23-9-10-23/h1,8,11,17-19,23,29,45-46H,4-7,9-10,12-16,20-21H2,2H3/t29-,36-,37-/m1/s1. The molecule has 2 aliphatic carbocycles. The van der Waals surface area contributed by atoms with Gasteiger partial charge in [-0.3, -0.25) is 9.88 Å². The number of likely N-dealkylation sites (tertiary alicyclic amines) is 1. The van der Waals surface area contributed by atoms with E-state index < -0.39 is 17.2 Å². The van der Waals surface area contributed by atoms with Crippen LogP contribution in [0, 0.1) is 29.4 Å². The average molecular weight is 640 g/mol. The van der Waals surface area contributed by atoms with Crippen LogP contribution in [0.1, 0.15) is 70.3 Å². The van der Waals surface area contributed by atoms with E-state index in [0.29, 0.717) is 54.8 Å². The number of pyridine rings is 1. The van der Waals surface area contributed by atoms with Gasteiger partial charge >= 0.3 is 6.01 Å². The van der Waals surface area contributed by atoms with Crippen LogP contribution in [0.25, 0.3) is 32.9 Å². The molecule has 8 nitrogen and oxygen atoms in total. The molecule has 3 atom stereocenters. The average Bonchev–Trinajstić information content (AvgIpc) is 3.81. The number of terminal acetylenes is 1. The molecule has 0 amide bonds. The molecular weight excluding hydrogens is 600 g/mol. The van der Waals surface area contributed by atoms with Gasteiger partial charge in [0.1, 0.15) is 28.6 Å². The molecule has 47 heavy (non-hydrogen) atoms. The second-order valence-corrected chi connectivity index (χ2v) is 14.3. The topological polar surface area (TPSA) is 94.8 Å². The number of piperidine rings is 2. The molecule has 4 heterocycles. The fraction of sp³-hybridized carbons (Fsp3) is 0.486. The van der Waals surface area contributed by atoms with Crippen LogP contribution in [-0.2, 0) is 0 Å². The molecule has 0 bridgehead atoms. The molecule has 8 rings (SSSR count). The Morgan fingerprint density at radius 2 is 1.87 bits per heavy atom. The zero-order valence-electron chi connectivity index (χ0n) is 26.6. The normalized spacial score (nSPS) is 26.4. The highest BCUT2D eigenvalue weighted by Gasteiger charge is 2.51. The van der Waals surface area contributed by atoms with Crippen molar-refractivity contribution >= 4 is 27.5 Å². The number of nitrogens with zero attached hydrogens (tertiary/aromatic N) is 5. The van der Waals surface area contributed by atoms with Crippen LogP contribution in [0.4, 0.5) is 14.6 Å². The van der Waals surface area contributed by atoms with E-state index in [1.807, 2.05) is 4.90 Å². The number of halogens is 2. The van der Waals surface area contributed by atoms with E-state index in [4.69, 9.17) is 16.1 Å². The van der Waals surface area contributed by atoms with Crippen LogP contribution in [0.15, 0.2) is 30.5 Å². The number of β-amino-alcohol motifs (C(OH)–C–C–N with tert-alkyl or cyclic N) is 1. The molecule has 2 aliphatic heterocycles. The molecule has 0 unspecified atom stereocenters. The highest BCUT2D eigenvalue weighted by atomic mass is 19.1. The van der Waals surface area contributed by atoms with E-state index >= 15 is 4.39 Å². The van der Waals surface area contributed by atoms with Gasteiger partial charge in [0, 0.05) is 47.7 Å². The molecule has 2 saturated carbocycles. The number of phenolic OH excluding ortho intramolecular Hbond substituents is 1. The summed E-state index contributed by atoms with van der Waals surface area (Å²) in [6, 6.07) is 6.75. The minimum Gasteiger partial charge on any atom is -0.508 e. The number of benzene rings is 2. The molecular formula is C37H39F2N5O3. The van der Waals surface area contributed by atoms with Crippen molar-refractivity contribution in [2.75, 3.05) is 31.1 Å². The first kappa shape index (κ1) is 30.3. The third-order valence-electron chi connectivity index (χ3n) is 10.9. The first-order chi connectivity index (χ1) is 22.7. The summed E-state index contributed by atoms with van der Waals surface area (Å²) in [5.41, 5.74) is -0.942. The number of ether oxygens (including phenoxy) is 1. The molecule has 244 valence electrons. The number of anilines is 1. The SMILES string of the molecule is C#Cc1c(F)ccc2cc(O)cc(-c3ncc4c(N5CCC[C@@](C)(O)C5)nc(OC[C@]56CCC[C@H]5N(C5CC5)CCC6)nc4c3F)c12. The van der Waals surface area contributed by atoms with Gasteiger partial charge in [0.25, 0.3) is 0 Å². The lowest BCUT2D eigenvalue weighted by molar-refractivity contribution is -0.00469. The van der Waals surface area contributed by atoms with Gasteiger partial charge in [0.2, 0.25) is 0 Å². The van der Waals surface area contributed by atoms with E-state index in [0.717, 1.165) is 45.1 Å². The molecule has 4 fully saturated rings. The maximum atomic E-state index is 16.9. The van der Waals surface area contributed by atoms with Crippen molar-refractivity contribution in [3.05, 3.63) is 47.7 Å². The molecule has 0 spiro atoms. The van der Waals surface area contributed by atoms with Gasteiger partial charge in [-0.15, -0.1) is 6.42 Å². The Balaban J connectivity index is 1.25. The van der Waals surface area contributed by atoms with E-state index in [9.17, 15) is 14.6 Å². The summed E-state index contributed by atoms with van der Waals surface area (Å²) in [5.74, 6) is 1.32. The summed E-state index contributed by atoms with van der Waals surface area (Å²) in [7, 11) is 0. The third kappa shape index (κ3) is 5.24. The van der Waals surface area contributed by atoms with E-state index in [-0.39, 0.29) is 44.9 Å². The van der Waals surface area contributed by atoms with Crippen molar-refractivity contribution in [1.29, 1.82) is 0 Å². The van der Waals surface area contributed by atoms with Gasteiger partial charge < -0.3 is 19.8 Å². The summed E-state index contributed by atoms with van der Waals surface area (Å²) in [6.45, 7) is 4.31. The largest absolute Gasteiger partial charge is 0.508 e. The Morgan fingerprint density at radius 3 is 2.66 bits per heavy atom. The lowest BCUT2D eigenvalue weighted by Gasteiger charge is -2.46. The van der Waals surface area contributed by atoms with Crippen LogP contribution in [0.2, 0.25) is 0 Å². The Bertz CT molecular complexity index is 1940. The van der Waals surface area contributed by atoms with Crippen molar-refractivity contribution in [3.63, 3.8) is 0 Å². The van der Waals surface area contributed by atoms with E-state index in [1.165, 1.54) is 43.3 Å². The Kier molecular flexibility index (Phi) is 7.26. The highest BCUT2D eigenvalue weighted by molar-refractivity contribution is 6.03. The highest BCUT2D eigenvalue weighted by Crippen LogP contribution is 2.51. The summed E-state index contributed by atoms with van der Waals surface area (Å²) in [5, 5.41) is 22.6. The fourth-order valence-corrected chi connectivity index (χ4v) is 8.66. The quantitative estimate of drug-likeness (QED) is 0.236. The summed E-state index contributed by atoms with van der Waals surface area (Å²) < 4.78 is 38.2. The maximum absolute atomic E-state index is 16.9. The van der Waals surface area contributed by atoms with Gasteiger partial charge in [-0.1, -0.05) is 18.4 Å². The van der Waals surface area contributed by atoms with Gasteiger partial charge in [0.05, 0.1) is 23.2 Å². The second kappa shape index (κ2) is 11.3. The van der Waals surface area contributed by atoms with Crippen molar-refractivity contribution in [2.45, 2.75) is 82.4 Å². The fourth-order valence-electron chi connectivity index (χ4n) is 8.66.